The van der Waals surface area contributed by atoms with Crippen molar-refractivity contribution >= 4 is 11.9 Å². The average Bonchev–Trinajstić information content (AvgIpc) is 3.25. The monoisotopic (exact) mass is 815 g/mol. The first-order valence-electron chi connectivity index (χ1n) is 19.6. The highest BCUT2D eigenvalue weighted by molar-refractivity contribution is 5.73. The number of ether oxygens (including phenoxy) is 9. The third-order valence-electron chi connectivity index (χ3n) is 9.97. The highest BCUT2D eigenvalue weighted by Gasteiger charge is 2.54. The van der Waals surface area contributed by atoms with E-state index in [1.807, 2.05) is 115 Å². The zero-order valence-corrected chi connectivity index (χ0v) is 33.4. The van der Waals surface area contributed by atoms with E-state index in [1.165, 1.54) is 13.8 Å². The van der Waals surface area contributed by atoms with Gasteiger partial charge in [0, 0.05) is 13.8 Å². The van der Waals surface area contributed by atoms with Crippen molar-refractivity contribution in [2.45, 2.75) is 102 Å². The molecule has 2 aliphatic rings. The van der Waals surface area contributed by atoms with Crippen molar-refractivity contribution < 1.29 is 62.4 Å². The van der Waals surface area contributed by atoms with Crippen LogP contribution in [0.5, 0.6) is 5.75 Å². The SMILES string of the molecule is COc1ccc(COC[C@H]2O[C@@H](O)[C@H](NC(C)=O)[C@@H](O[C@@H]3O[C@H](CO)[C@@H](OCc4ccccc4)[C@H](OCc4ccccc4)[C@H]3OC(C)=O)[C@H]2OCc2ccccc2)cc1. The maximum atomic E-state index is 12.9. The topological polar surface area (TPSA) is 170 Å². The van der Waals surface area contributed by atoms with Crippen molar-refractivity contribution in [3.8, 4) is 5.75 Å². The Hall–Kier alpha value is -4.74. The van der Waals surface area contributed by atoms with Gasteiger partial charge in [-0.05, 0) is 34.4 Å². The van der Waals surface area contributed by atoms with Crippen LogP contribution in [0.25, 0.3) is 0 Å². The van der Waals surface area contributed by atoms with Crippen molar-refractivity contribution in [3.63, 3.8) is 0 Å². The van der Waals surface area contributed by atoms with Gasteiger partial charge in [-0.25, -0.2) is 0 Å². The third kappa shape index (κ3) is 12.4. The van der Waals surface area contributed by atoms with Gasteiger partial charge in [0.05, 0.1) is 46.8 Å². The number of carbonyl (C=O) groups excluding carboxylic acids is 2. The van der Waals surface area contributed by atoms with Crippen molar-refractivity contribution in [1.29, 1.82) is 0 Å². The van der Waals surface area contributed by atoms with Crippen LogP contribution in [0, 0.1) is 0 Å². The molecule has 6 rings (SSSR count). The first kappa shape index (κ1) is 43.8. The zero-order valence-electron chi connectivity index (χ0n) is 33.4. The summed E-state index contributed by atoms with van der Waals surface area (Å²) in [4.78, 5) is 25.5. The predicted octanol–water partition coefficient (Wildman–Crippen LogP) is 4.22. The number of amides is 1. The summed E-state index contributed by atoms with van der Waals surface area (Å²) in [5.41, 5.74) is 3.41. The Bertz CT molecular complexity index is 1850. The largest absolute Gasteiger partial charge is 0.497 e. The number of carbonyl (C=O) groups is 2. The van der Waals surface area contributed by atoms with Crippen molar-refractivity contribution in [2.75, 3.05) is 20.3 Å². The molecule has 2 saturated heterocycles. The fourth-order valence-electron chi connectivity index (χ4n) is 7.12. The number of aliphatic hydroxyl groups is 2. The quantitative estimate of drug-likeness (QED) is 0.115. The molecule has 2 aliphatic heterocycles. The molecule has 2 fully saturated rings. The van der Waals surface area contributed by atoms with E-state index < -0.39 is 79.8 Å². The van der Waals surface area contributed by atoms with Crippen LogP contribution in [0.4, 0.5) is 0 Å². The Labute approximate surface area is 344 Å². The van der Waals surface area contributed by atoms with Crippen molar-refractivity contribution in [1.82, 2.24) is 5.32 Å². The molecule has 0 aliphatic carbocycles. The molecular weight excluding hydrogens is 762 g/mol. The Morgan fingerprint density at radius 3 is 1.63 bits per heavy atom. The molecule has 2 heterocycles. The summed E-state index contributed by atoms with van der Waals surface area (Å²) in [5, 5.41) is 25.1. The Kier molecular flexibility index (Phi) is 16.4. The Balaban J connectivity index is 1.33. The fourth-order valence-corrected chi connectivity index (χ4v) is 7.12. The predicted molar refractivity (Wildman–Crippen MR) is 212 cm³/mol. The summed E-state index contributed by atoms with van der Waals surface area (Å²) in [5.74, 6) is -0.431. The minimum absolute atomic E-state index is 0.0500. The molecule has 59 heavy (non-hydrogen) atoms. The van der Waals surface area contributed by atoms with E-state index in [1.54, 1.807) is 7.11 Å². The molecule has 0 radical (unpaired) electrons. The number of esters is 1. The van der Waals surface area contributed by atoms with Crippen LogP contribution in [0.3, 0.4) is 0 Å². The van der Waals surface area contributed by atoms with Crippen LogP contribution in [-0.4, -0.2) is 104 Å². The van der Waals surface area contributed by atoms with E-state index in [2.05, 4.69) is 5.32 Å². The molecule has 0 spiro atoms. The normalized spacial score (nSPS) is 26.8. The summed E-state index contributed by atoms with van der Waals surface area (Å²) in [6.45, 7) is 2.53. The van der Waals surface area contributed by atoms with Gasteiger partial charge in [0.15, 0.2) is 18.7 Å². The minimum Gasteiger partial charge on any atom is -0.497 e. The summed E-state index contributed by atoms with van der Waals surface area (Å²) in [6, 6.07) is 34.5. The number of rotatable bonds is 19. The molecule has 14 heteroatoms. The molecule has 0 bridgehead atoms. The van der Waals surface area contributed by atoms with E-state index in [-0.39, 0.29) is 33.0 Å². The lowest BCUT2D eigenvalue weighted by Crippen LogP contribution is -2.68. The van der Waals surface area contributed by atoms with Gasteiger partial charge in [0.2, 0.25) is 5.91 Å². The Morgan fingerprint density at radius 1 is 0.627 bits per heavy atom. The van der Waals surface area contributed by atoms with Crippen LogP contribution >= 0.6 is 0 Å². The lowest BCUT2D eigenvalue weighted by molar-refractivity contribution is -0.354. The van der Waals surface area contributed by atoms with Gasteiger partial charge in [0.25, 0.3) is 0 Å². The van der Waals surface area contributed by atoms with Gasteiger partial charge in [-0.2, -0.15) is 0 Å². The minimum atomic E-state index is -1.59. The van der Waals surface area contributed by atoms with Gasteiger partial charge in [0.1, 0.15) is 48.4 Å². The van der Waals surface area contributed by atoms with Gasteiger partial charge < -0.3 is 58.2 Å². The molecule has 3 N–H and O–H groups in total. The van der Waals surface area contributed by atoms with Crippen LogP contribution in [0.15, 0.2) is 115 Å². The van der Waals surface area contributed by atoms with E-state index >= 15 is 0 Å². The molecule has 4 aromatic carbocycles. The van der Waals surface area contributed by atoms with E-state index in [0.29, 0.717) is 5.75 Å². The fraction of sp³-hybridized carbons (Fsp3) is 0.422. The third-order valence-corrected chi connectivity index (χ3v) is 9.97. The highest BCUT2D eigenvalue weighted by Crippen LogP contribution is 2.35. The van der Waals surface area contributed by atoms with Crippen LogP contribution in [-0.2, 0) is 73.9 Å². The van der Waals surface area contributed by atoms with Gasteiger partial charge >= 0.3 is 5.97 Å². The molecule has 4 aromatic rings. The van der Waals surface area contributed by atoms with Crippen molar-refractivity contribution in [2.24, 2.45) is 0 Å². The smallest absolute Gasteiger partial charge is 0.303 e. The lowest BCUT2D eigenvalue weighted by atomic mass is 9.94. The summed E-state index contributed by atoms with van der Waals surface area (Å²) < 4.78 is 56.2. The van der Waals surface area contributed by atoms with E-state index in [9.17, 15) is 19.8 Å². The number of hydrogen-bond donors (Lipinski definition) is 3. The van der Waals surface area contributed by atoms with E-state index in [0.717, 1.165) is 22.3 Å². The van der Waals surface area contributed by atoms with Gasteiger partial charge in [-0.3, -0.25) is 9.59 Å². The zero-order chi connectivity index (χ0) is 41.6. The summed E-state index contributed by atoms with van der Waals surface area (Å²) >= 11 is 0. The van der Waals surface area contributed by atoms with Gasteiger partial charge in [-0.1, -0.05) is 103 Å². The summed E-state index contributed by atoms with van der Waals surface area (Å²) in [6.07, 6.45) is -10.4. The summed E-state index contributed by atoms with van der Waals surface area (Å²) in [7, 11) is 1.59. The maximum absolute atomic E-state index is 12.9. The second-order valence-electron chi connectivity index (χ2n) is 14.3. The maximum Gasteiger partial charge on any atom is 0.303 e. The van der Waals surface area contributed by atoms with Crippen LogP contribution in [0.1, 0.15) is 36.1 Å². The molecule has 14 nitrogen and oxygen atoms in total. The van der Waals surface area contributed by atoms with E-state index in [4.69, 9.17) is 42.6 Å². The number of nitrogens with one attached hydrogen (secondary N) is 1. The van der Waals surface area contributed by atoms with Crippen LogP contribution < -0.4 is 10.1 Å². The number of aliphatic hydroxyl groups excluding tert-OH is 2. The first-order chi connectivity index (χ1) is 28.7. The van der Waals surface area contributed by atoms with Crippen LogP contribution in [0.2, 0.25) is 0 Å². The molecule has 0 unspecified atom stereocenters. The average molecular weight is 816 g/mol. The Morgan fingerprint density at radius 2 is 1.14 bits per heavy atom. The highest BCUT2D eigenvalue weighted by atomic mass is 16.7. The molecule has 1 amide bonds. The molecule has 0 aromatic heterocycles. The molecule has 316 valence electrons. The number of benzene rings is 4. The number of hydrogen-bond acceptors (Lipinski definition) is 13. The van der Waals surface area contributed by atoms with Crippen molar-refractivity contribution in [3.05, 3.63) is 138 Å². The van der Waals surface area contributed by atoms with Gasteiger partial charge in [-0.15, -0.1) is 0 Å². The standard InChI is InChI=1S/C45H53NO13/c1-29(48)46-38-41(40(54-26-32-15-9-5-10-16-32)37(57-44(38)50)28-52-24-34-19-21-35(51-3)22-20-34)59-45-43(56-30(2)49)42(55-27-33-17-11-6-12-18-33)39(36(23-47)58-45)53-25-31-13-7-4-8-14-31/h4-22,36-45,47,50H,23-28H2,1-3H3,(H,46,48)/t36-,37-,38-,39-,40+,41-,42+,43-,44-,45+/m1/s1. The second kappa shape index (κ2) is 22.0. The molecule has 10 atom stereocenters. The molecule has 0 saturated carbocycles. The lowest BCUT2D eigenvalue weighted by Gasteiger charge is -2.49. The first-order valence-corrected chi connectivity index (χ1v) is 19.6. The second-order valence-corrected chi connectivity index (χ2v) is 14.3. The molecular formula is C45H53NO13. The number of methoxy groups -OCH3 is 1.